The van der Waals surface area contributed by atoms with Crippen LogP contribution in [-0.4, -0.2) is 16.1 Å². The fourth-order valence-electron chi connectivity index (χ4n) is 1.77. The van der Waals surface area contributed by atoms with E-state index in [4.69, 9.17) is 20.8 Å². The molecule has 102 valence electrons. The molecule has 0 amide bonds. The number of hydrogen-bond donors (Lipinski definition) is 0. The van der Waals surface area contributed by atoms with Gasteiger partial charge in [0, 0.05) is 12.3 Å². The second kappa shape index (κ2) is 6.57. The van der Waals surface area contributed by atoms with E-state index >= 15 is 0 Å². The van der Waals surface area contributed by atoms with Crippen LogP contribution in [0, 0.1) is 13.8 Å². The van der Waals surface area contributed by atoms with Crippen LogP contribution in [0.4, 0.5) is 0 Å². The molecule has 2 rings (SSSR count). The van der Waals surface area contributed by atoms with Gasteiger partial charge in [0.15, 0.2) is 6.61 Å². The van der Waals surface area contributed by atoms with Crippen molar-refractivity contribution in [2.24, 2.45) is 0 Å². The van der Waals surface area contributed by atoms with E-state index in [1.807, 2.05) is 19.1 Å². The molecule has 0 spiro atoms. The second-order valence-corrected chi connectivity index (χ2v) is 4.82. The van der Waals surface area contributed by atoms with Crippen molar-refractivity contribution in [3.05, 3.63) is 41.1 Å². The smallest absolute Gasteiger partial charge is 0.253 e. The molecule has 0 saturated heterocycles. The van der Waals surface area contributed by atoms with Gasteiger partial charge in [-0.2, -0.15) is 0 Å². The Morgan fingerprint density at radius 2 is 2.00 bits per heavy atom. The van der Waals surface area contributed by atoms with Crippen LogP contribution >= 0.6 is 11.6 Å². The lowest BCUT2D eigenvalue weighted by Crippen LogP contribution is -1.97. The normalized spacial score (nSPS) is 10.7. The number of halogens is 1. The first-order valence-corrected chi connectivity index (χ1v) is 6.80. The number of benzene rings is 1. The third kappa shape index (κ3) is 3.96. The Morgan fingerprint density at radius 3 is 2.74 bits per heavy atom. The summed E-state index contributed by atoms with van der Waals surface area (Å²) in [6, 6.07) is 6.05. The number of rotatable bonds is 6. The summed E-state index contributed by atoms with van der Waals surface area (Å²) in [7, 11) is 0. The number of nitrogens with zero attached hydrogens (tertiary/aromatic N) is 2. The second-order valence-electron chi connectivity index (χ2n) is 4.44. The van der Waals surface area contributed by atoms with Gasteiger partial charge >= 0.3 is 0 Å². The fraction of sp³-hybridized carbons (Fsp3) is 0.429. The maximum Gasteiger partial charge on any atom is 0.253 e. The third-order valence-electron chi connectivity index (χ3n) is 2.71. The summed E-state index contributed by atoms with van der Waals surface area (Å²) in [4.78, 5) is 0. The van der Waals surface area contributed by atoms with E-state index in [1.165, 1.54) is 5.56 Å². The van der Waals surface area contributed by atoms with Crippen molar-refractivity contribution in [2.75, 3.05) is 5.88 Å². The first-order valence-electron chi connectivity index (χ1n) is 6.26. The molecule has 1 aromatic heterocycles. The largest absolute Gasteiger partial charge is 0.484 e. The first-order chi connectivity index (χ1) is 9.19. The van der Waals surface area contributed by atoms with Crippen molar-refractivity contribution < 1.29 is 9.15 Å². The molecule has 5 heteroatoms. The number of aryl methyl sites for hydroxylation is 3. The molecule has 0 aliphatic heterocycles. The molecule has 0 fully saturated rings. The monoisotopic (exact) mass is 280 g/mol. The number of alkyl halides is 1. The van der Waals surface area contributed by atoms with E-state index in [9.17, 15) is 0 Å². The summed E-state index contributed by atoms with van der Waals surface area (Å²) in [5.41, 5.74) is 2.31. The summed E-state index contributed by atoms with van der Waals surface area (Å²) in [5, 5.41) is 7.89. The van der Waals surface area contributed by atoms with Crippen molar-refractivity contribution in [3.63, 3.8) is 0 Å². The Balaban J connectivity index is 1.92. The Morgan fingerprint density at radius 1 is 1.21 bits per heavy atom. The molecule has 0 atom stereocenters. The molecule has 4 nitrogen and oxygen atoms in total. The zero-order valence-corrected chi connectivity index (χ0v) is 11.9. The van der Waals surface area contributed by atoms with E-state index in [1.54, 1.807) is 0 Å². The topological polar surface area (TPSA) is 48.2 Å². The maximum atomic E-state index is 5.67. The Bertz CT molecular complexity index is 540. The van der Waals surface area contributed by atoms with Gasteiger partial charge in [0.2, 0.25) is 5.89 Å². The van der Waals surface area contributed by atoms with Crippen LogP contribution in [0.15, 0.2) is 22.6 Å². The van der Waals surface area contributed by atoms with Gasteiger partial charge in [-0.25, -0.2) is 0 Å². The standard InChI is InChI=1S/C14H17ClN2O2/c1-10-5-6-12(11(2)8-10)18-9-14-17-16-13(19-14)4-3-7-15/h5-6,8H,3-4,7,9H2,1-2H3. The van der Waals surface area contributed by atoms with Gasteiger partial charge < -0.3 is 9.15 Å². The molecular weight excluding hydrogens is 264 g/mol. The van der Waals surface area contributed by atoms with Crippen molar-refractivity contribution in [1.82, 2.24) is 10.2 Å². The first kappa shape index (κ1) is 13.9. The predicted molar refractivity (Wildman–Crippen MR) is 73.6 cm³/mol. The van der Waals surface area contributed by atoms with Crippen molar-refractivity contribution in [1.29, 1.82) is 0 Å². The average Bonchev–Trinajstić information content (AvgIpc) is 2.83. The van der Waals surface area contributed by atoms with Crippen LogP contribution in [0.1, 0.15) is 29.3 Å². The van der Waals surface area contributed by atoms with Gasteiger partial charge in [-0.05, 0) is 31.9 Å². The Hall–Kier alpha value is -1.55. The molecule has 0 bridgehead atoms. The van der Waals surface area contributed by atoms with Gasteiger partial charge in [0.05, 0.1) is 0 Å². The molecule has 0 aliphatic carbocycles. The van der Waals surface area contributed by atoms with E-state index in [0.29, 0.717) is 24.1 Å². The molecule has 0 saturated carbocycles. The molecule has 2 aromatic rings. The fourth-order valence-corrected chi connectivity index (χ4v) is 1.90. The van der Waals surface area contributed by atoms with Gasteiger partial charge in [-0.3, -0.25) is 0 Å². The molecule has 0 unspecified atom stereocenters. The van der Waals surface area contributed by atoms with Gasteiger partial charge in [-0.1, -0.05) is 17.7 Å². The van der Waals surface area contributed by atoms with Crippen LogP contribution in [0.5, 0.6) is 5.75 Å². The van der Waals surface area contributed by atoms with Crippen LogP contribution in [-0.2, 0) is 13.0 Å². The Kier molecular flexibility index (Phi) is 4.80. The van der Waals surface area contributed by atoms with Crippen LogP contribution in [0.25, 0.3) is 0 Å². The lowest BCUT2D eigenvalue weighted by Gasteiger charge is -2.07. The summed E-state index contributed by atoms with van der Waals surface area (Å²) < 4.78 is 11.1. The molecule has 0 aliphatic rings. The van der Waals surface area contributed by atoms with Crippen molar-refractivity contribution in [3.8, 4) is 5.75 Å². The van der Waals surface area contributed by atoms with Crippen LogP contribution in [0.3, 0.4) is 0 Å². The highest BCUT2D eigenvalue weighted by molar-refractivity contribution is 6.17. The van der Waals surface area contributed by atoms with Crippen LogP contribution < -0.4 is 4.74 Å². The minimum absolute atomic E-state index is 0.289. The van der Waals surface area contributed by atoms with Gasteiger partial charge in [0.25, 0.3) is 5.89 Å². The summed E-state index contributed by atoms with van der Waals surface area (Å²) >= 11 is 5.62. The third-order valence-corrected chi connectivity index (χ3v) is 2.98. The SMILES string of the molecule is Cc1ccc(OCc2nnc(CCCCl)o2)c(C)c1. The molecular formula is C14H17ClN2O2. The summed E-state index contributed by atoms with van der Waals surface area (Å²) in [6.45, 7) is 4.36. The minimum atomic E-state index is 0.289. The van der Waals surface area contributed by atoms with Crippen LogP contribution in [0.2, 0.25) is 0 Å². The van der Waals surface area contributed by atoms with E-state index in [-0.39, 0.29) is 6.61 Å². The predicted octanol–water partition coefficient (Wildman–Crippen LogP) is 3.44. The van der Waals surface area contributed by atoms with E-state index in [2.05, 4.69) is 23.2 Å². The average molecular weight is 281 g/mol. The number of hydrogen-bond acceptors (Lipinski definition) is 4. The summed E-state index contributed by atoms with van der Waals surface area (Å²) in [6.07, 6.45) is 1.54. The van der Waals surface area contributed by atoms with Gasteiger partial charge in [-0.15, -0.1) is 21.8 Å². The lowest BCUT2D eigenvalue weighted by atomic mass is 10.1. The molecule has 1 heterocycles. The minimum Gasteiger partial charge on any atom is -0.484 e. The lowest BCUT2D eigenvalue weighted by molar-refractivity contribution is 0.257. The highest BCUT2D eigenvalue weighted by Gasteiger charge is 2.07. The highest BCUT2D eigenvalue weighted by atomic mass is 35.5. The molecule has 1 aromatic carbocycles. The quantitative estimate of drug-likeness (QED) is 0.761. The van der Waals surface area contributed by atoms with Gasteiger partial charge in [0.1, 0.15) is 5.75 Å². The van der Waals surface area contributed by atoms with E-state index < -0.39 is 0 Å². The zero-order valence-electron chi connectivity index (χ0n) is 11.1. The highest BCUT2D eigenvalue weighted by Crippen LogP contribution is 2.19. The Labute approximate surface area is 117 Å². The van der Waals surface area contributed by atoms with Crippen molar-refractivity contribution >= 4 is 11.6 Å². The number of ether oxygens (including phenoxy) is 1. The molecule has 0 radical (unpaired) electrons. The number of aromatic nitrogens is 2. The molecule has 0 N–H and O–H groups in total. The van der Waals surface area contributed by atoms with E-state index in [0.717, 1.165) is 17.7 Å². The molecule has 19 heavy (non-hydrogen) atoms. The van der Waals surface area contributed by atoms with Crippen molar-refractivity contribution in [2.45, 2.75) is 33.3 Å². The maximum absolute atomic E-state index is 5.67. The zero-order chi connectivity index (χ0) is 13.7. The summed E-state index contributed by atoms with van der Waals surface area (Å²) in [5.74, 6) is 2.53.